The zero-order valence-corrected chi connectivity index (χ0v) is 16.5. The van der Waals surface area contributed by atoms with Gasteiger partial charge in [-0.2, -0.15) is 0 Å². The van der Waals surface area contributed by atoms with Crippen LogP contribution in [-0.4, -0.2) is 42.0 Å². The van der Waals surface area contributed by atoms with Crippen molar-refractivity contribution in [3.8, 4) is 23.0 Å². The monoisotopic (exact) mass is 410 g/mol. The first-order valence-electron chi connectivity index (χ1n) is 9.11. The summed E-state index contributed by atoms with van der Waals surface area (Å²) in [6, 6.07) is 2.99. The Balaban J connectivity index is 1.97. The van der Waals surface area contributed by atoms with Crippen molar-refractivity contribution < 1.29 is 38.8 Å². The first-order chi connectivity index (χ1) is 14.3. The van der Waals surface area contributed by atoms with Gasteiger partial charge in [0.1, 0.15) is 28.8 Å². The van der Waals surface area contributed by atoms with Gasteiger partial charge in [-0.05, 0) is 24.6 Å². The number of esters is 1. The fraction of sp³-hybridized carbons (Fsp3) is 0.227. The molecule has 154 valence electrons. The highest BCUT2D eigenvalue weighted by Crippen LogP contribution is 2.48. The Morgan fingerprint density at radius 3 is 1.83 bits per heavy atom. The Morgan fingerprint density at radius 2 is 1.37 bits per heavy atom. The number of ether oxygens (including phenoxy) is 3. The zero-order chi connectivity index (χ0) is 21.7. The van der Waals surface area contributed by atoms with E-state index in [-0.39, 0.29) is 57.9 Å². The summed E-state index contributed by atoms with van der Waals surface area (Å²) in [5, 5.41) is 21.8. The van der Waals surface area contributed by atoms with Crippen molar-refractivity contribution in [3.63, 3.8) is 0 Å². The van der Waals surface area contributed by atoms with Crippen molar-refractivity contribution in [1.29, 1.82) is 0 Å². The highest BCUT2D eigenvalue weighted by molar-refractivity contribution is 6.32. The number of phenolic OH excluding ortho intramolecular Hbond substituents is 2. The van der Waals surface area contributed by atoms with Crippen molar-refractivity contribution in [2.24, 2.45) is 0 Å². The van der Waals surface area contributed by atoms with E-state index in [2.05, 4.69) is 0 Å². The van der Waals surface area contributed by atoms with E-state index in [0.717, 1.165) is 0 Å². The predicted octanol–water partition coefficient (Wildman–Crippen LogP) is 2.44. The molecule has 0 amide bonds. The average molecular weight is 410 g/mol. The molecule has 0 aromatic heterocycles. The third-order valence-electron chi connectivity index (χ3n) is 5.30. The van der Waals surface area contributed by atoms with E-state index in [9.17, 15) is 24.6 Å². The van der Waals surface area contributed by atoms with Crippen LogP contribution in [0.1, 0.15) is 49.9 Å². The Kier molecular flexibility index (Phi) is 4.49. The number of aromatic hydroxyl groups is 2. The fourth-order valence-electron chi connectivity index (χ4n) is 4.01. The van der Waals surface area contributed by atoms with E-state index in [0.29, 0.717) is 11.3 Å². The fourth-order valence-corrected chi connectivity index (χ4v) is 4.01. The maximum absolute atomic E-state index is 13.4. The maximum atomic E-state index is 13.4. The molecule has 0 radical (unpaired) electrons. The molecule has 8 nitrogen and oxygen atoms in total. The first-order valence-corrected chi connectivity index (χ1v) is 9.11. The molecule has 0 heterocycles. The van der Waals surface area contributed by atoms with Crippen LogP contribution in [0.15, 0.2) is 24.0 Å². The maximum Gasteiger partial charge on any atom is 0.307 e. The first kappa shape index (κ1) is 19.5. The van der Waals surface area contributed by atoms with Gasteiger partial charge in [-0.3, -0.25) is 14.4 Å². The molecule has 2 N–H and O–H groups in total. The molecule has 2 aromatic carbocycles. The molecule has 0 spiro atoms. The minimum atomic E-state index is -0.672. The minimum Gasteiger partial charge on any atom is -0.507 e. The molecule has 8 heteroatoms. The summed E-state index contributed by atoms with van der Waals surface area (Å²) < 4.78 is 15.6. The second kappa shape index (κ2) is 6.91. The van der Waals surface area contributed by atoms with Crippen LogP contribution in [0.5, 0.6) is 23.0 Å². The summed E-state index contributed by atoms with van der Waals surface area (Å²) in [6.45, 7) is 1.25. The number of hydrogen-bond acceptors (Lipinski definition) is 8. The van der Waals surface area contributed by atoms with Crippen molar-refractivity contribution >= 4 is 17.5 Å². The number of methoxy groups -OCH3 is 2. The average Bonchev–Trinajstić information content (AvgIpc) is 2.72. The van der Waals surface area contributed by atoms with Crippen molar-refractivity contribution in [2.75, 3.05) is 14.2 Å². The molecular weight excluding hydrogens is 392 g/mol. The molecule has 2 aromatic rings. The Morgan fingerprint density at radius 1 is 0.867 bits per heavy atom. The summed E-state index contributed by atoms with van der Waals surface area (Å²) in [5.41, 5.74) is -0.129. The van der Waals surface area contributed by atoms with Crippen LogP contribution >= 0.6 is 0 Å². The van der Waals surface area contributed by atoms with Crippen molar-refractivity contribution in [3.05, 3.63) is 57.3 Å². The van der Waals surface area contributed by atoms with E-state index in [1.807, 2.05) is 0 Å². The molecule has 30 heavy (non-hydrogen) atoms. The smallest absolute Gasteiger partial charge is 0.307 e. The summed E-state index contributed by atoms with van der Waals surface area (Å²) >= 11 is 0. The highest BCUT2D eigenvalue weighted by Gasteiger charge is 2.41. The third-order valence-corrected chi connectivity index (χ3v) is 5.30. The Labute approximate surface area is 171 Å². The molecule has 0 saturated heterocycles. The molecule has 0 saturated carbocycles. The van der Waals surface area contributed by atoms with E-state index < -0.39 is 23.3 Å². The van der Waals surface area contributed by atoms with Gasteiger partial charge in [0.05, 0.1) is 36.5 Å². The van der Waals surface area contributed by atoms with Crippen LogP contribution in [0.2, 0.25) is 0 Å². The van der Waals surface area contributed by atoms with Gasteiger partial charge in [0.15, 0.2) is 0 Å². The number of allylic oxidation sites excluding steroid dienone is 2. The second-order valence-electron chi connectivity index (χ2n) is 6.93. The predicted molar refractivity (Wildman–Crippen MR) is 103 cm³/mol. The van der Waals surface area contributed by atoms with Gasteiger partial charge in [-0.1, -0.05) is 0 Å². The molecule has 0 aliphatic heterocycles. The van der Waals surface area contributed by atoms with Crippen LogP contribution in [0.25, 0.3) is 0 Å². The number of rotatable bonds is 3. The van der Waals surface area contributed by atoms with Crippen molar-refractivity contribution in [1.82, 2.24) is 0 Å². The number of carbonyl (C=O) groups is 3. The molecule has 0 bridgehead atoms. The summed E-state index contributed by atoms with van der Waals surface area (Å²) in [6.07, 6.45) is 1.70. The number of carbonyl (C=O) groups excluding carboxylic acids is 3. The van der Waals surface area contributed by atoms with E-state index >= 15 is 0 Å². The lowest BCUT2D eigenvalue weighted by molar-refractivity contribution is -0.137. The van der Waals surface area contributed by atoms with Gasteiger partial charge < -0.3 is 24.4 Å². The van der Waals surface area contributed by atoms with Gasteiger partial charge in [0.2, 0.25) is 11.6 Å². The Bertz CT molecular complexity index is 1170. The molecule has 2 aliphatic carbocycles. The number of fused-ring (bicyclic) bond motifs is 3. The summed E-state index contributed by atoms with van der Waals surface area (Å²) in [7, 11) is 2.72. The largest absolute Gasteiger partial charge is 0.507 e. The molecule has 0 unspecified atom stereocenters. The number of phenols is 2. The van der Waals surface area contributed by atoms with Crippen LogP contribution in [-0.2, 0) is 22.4 Å². The highest BCUT2D eigenvalue weighted by atomic mass is 16.5. The summed E-state index contributed by atoms with van der Waals surface area (Å²) in [4.78, 5) is 38.0. The Hall–Kier alpha value is -3.81. The van der Waals surface area contributed by atoms with Gasteiger partial charge in [0, 0.05) is 24.5 Å². The quantitative estimate of drug-likeness (QED) is 0.499. The van der Waals surface area contributed by atoms with Crippen LogP contribution in [0.4, 0.5) is 0 Å². The molecule has 4 rings (SSSR count). The van der Waals surface area contributed by atoms with Crippen LogP contribution in [0.3, 0.4) is 0 Å². The third kappa shape index (κ3) is 2.64. The van der Waals surface area contributed by atoms with Gasteiger partial charge >= 0.3 is 5.97 Å². The normalized spacial score (nSPS) is 14.3. The number of benzene rings is 2. The standard InChI is InChI=1S/C22H18O8/c1-9(23)30-10-4-5-11-12(8-10)20(25)18-17(19(11)24)21(26)15-13(28-2)6-7-14(29-3)16(15)22(18)27/h4,6-7,24-25H,5,8H2,1-3H3. The minimum absolute atomic E-state index is 0.00877. The molecule has 0 fully saturated rings. The van der Waals surface area contributed by atoms with Gasteiger partial charge in [-0.15, -0.1) is 0 Å². The zero-order valence-electron chi connectivity index (χ0n) is 16.5. The second-order valence-corrected chi connectivity index (χ2v) is 6.93. The van der Waals surface area contributed by atoms with E-state index in [4.69, 9.17) is 14.2 Å². The van der Waals surface area contributed by atoms with E-state index in [1.165, 1.54) is 33.3 Å². The van der Waals surface area contributed by atoms with Crippen LogP contribution < -0.4 is 9.47 Å². The topological polar surface area (TPSA) is 119 Å². The molecular formula is C22H18O8. The van der Waals surface area contributed by atoms with Gasteiger partial charge in [-0.25, -0.2) is 0 Å². The summed E-state index contributed by atoms with van der Waals surface area (Å²) in [5.74, 6) is -2.07. The molecule has 2 aliphatic rings. The SMILES string of the molecule is COc1ccc(OC)c2c1C(=O)c1c(O)c3c(c(O)c1C2=O)CC(OC(C)=O)=CC3. The lowest BCUT2D eigenvalue weighted by Crippen LogP contribution is -2.24. The lowest BCUT2D eigenvalue weighted by atomic mass is 9.78. The number of hydrogen-bond donors (Lipinski definition) is 2. The van der Waals surface area contributed by atoms with Crippen LogP contribution in [0, 0.1) is 0 Å². The molecule has 0 atom stereocenters. The lowest BCUT2D eigenvalue weighted by Gasteiger charge is -2.27. The van der Waals surface area contributed by atoms with E-state index in [1.54, 1.807) is 6.08 Å². The van der Waals surface area contributed by atoms with Gasteiger partial charge in [0.25, 0.3) is 0 Å². The van der Waals surface area contributed by atoms with Crippen molar-refractivity contribution in [2.45, 2.75) is 19.8 Å². The number of ketones is 2.